The molecule has 0 aliphatic carbocycles. The number of rotatable bonds is 9. The lowest BCUT2D eigenvalue weighted by Gasteiger charge is -2.33. The highest BCUT2D eigenvalue weighted by atomic mass is 35.5. The number of nitrogens with one attached hydrogen (secondary N) is 1. The van der Waals surface area contributed by atoms with Crippen LogP contribution in [-0.2, 0) is 31.9 Å². The Labute approximate surface area is 232 Å². The normalized spacial score (nSPS) is 15.3. The van der Waals surface area contributed by atoms with E-state index < -0.39 is 29.5 Å². The van der Waals surface area contributed by atoms with Gasteiger partial charge in [0, 0.05) is 35.3 Å². The van der Waals surface area contributed by atoms with E-state index in [-0.39, 0.29) is 12.5 Å². The van der Waals surface area contributed by atoms with Crippen LogP contribution >= 0.6 is 11.6 Å². The van der Waals surface area contributed by atoms with Gasteiger partial charge < -0.3 is 19.9 Å². The Hall–Kier alpha value is -3.72. The number of fused-ring (bicyclic) bond motifs is 1. The van der Waals surface area contributed by atoms with E-state index in [0.29, 0.717) is 34.8 Å². The second-order valence-electron chi connectivity index (χ2n) is 9.57. The summed E-state index contributed by atoms with van der Waals surface area (Å²) in [4.78, 5) is 41.2. The summed E-state index contributed by atoms with van der Waals surface area (Å²) in [5.41, 5.74) is 1.10. The second kappa shape index (κ2) is 12.0. The van der Waals surface area contributed by atoms with E-state index >= 15 is 0 Å². The summed E-state index contributed by atoms with van der Waals surface area (Å²) in [6, 6.07) is 21.0. The van der Waals surface area contributed by atoms with Crippen LogP contribution in [0, 0.1) is 0 Å². The Morgan fingerprint density at radius 2 is 1.69 bits per heavy atom. The molecule has 2 N–H and O–H groups in total. The first kappa shape index (κ1) is 28.3. The van der Waals surface area contributed by atoms with E-state index in [1.54, 1.807) is 54.6 Å². The maximum absolute atomic E-state index is 13.7. The number of halogens is 1. The van der Waals surface area contributed by atoms with Crippen molar-refractivity contribution in [1.82, 2.24) is 5.32 Å². The number of hydrogen-bond donors (Lipinski definition) is 2. The number of aliphatic hydroxyl groups excluding tert-OH is 1. The van der Waals surface area contributed by atoms with Gasteiger partial charge in [-0.3, -0.25) is 9.69 Å². The lowest BCUT2D eigenvalue weighted by Crippen LogP contribution is -2.62. The summed E-state index contributed by atoms with van der Waals surface area (Å²) in [5, 5.41) is 14.4. The van der Waals surface area contributed by atoms with Crippen LogP contribution < -0.4 is 10.2 Å². The van der Waals surface area contributed by atoms with Gasteiger partial charge in [0.1, 0.15) is 0 Å². The first-order valence-corrected chi connectivity index (χ1v) is 12.9. The summed E-state index contributed by atoms with van der Waals surface area (Å²) in [6.45, 7) is 2.33. The minimum absolute atomic E-state index is 0.00804. The summed E-state index contributed by atoms with van der Waals surface area (Å²) in [6.07, 6.45) is -0.195. The number of benzene rings is 3. The molecule has 39 heavy (non-hydrogen) atoms. The number of hydrogen-bond acceptors (Lipinski definition) is 7. The lowest BCUT2D eigenvalue weighted by molar-refractivity contribution is -0.160. The first-order valence-electron chi connectivity index (χ1n) is 12.6. The third-order valence-corrected chi connectivity index (χ3v) is 7.15. The summed E-state index contributed by atoms with van der Waals surface area (Å²) in [7, 11) is 2.36. The SMILES string of the molecule is COC(=O)C1(C(=O)OC)Cc2cc(CC(C)NC[C@@H](O)c3cccc(Cl)c3)ccc2N1C(=O)c1ccccc1. The molecule has 1 unspecified atom stereocenters. The van der Waals surface area contributed by atoms with Gasteiger partial charge in [0.05, 0.1) is 20.3 Å². The molecule has 1 aliphatic heterocycles. The third-order valence-electron chi connectivity index (χ3n) is 6.92. The molecule has 2 atom stereocenters. The molecule has 0 saturated carbocycles. The number of ether oxygens (including phenoxy) is 2. The fourth-order valence-electron chi connectivity index (χ4n) is 5.00. The maximum atomic E-state index is 13.7. The predicted octanol–water partition coefficient (Wildman–Crippen LogP) is 3.88. The van der Waals surface area contributed by atoms with E-state index in [0.717, 1.165) is 11.1 Å². The minimum atomic E-state index is -1.98. The van der Waals surface area contributed by atoms with Gasteiger partial charge in [0.15, 0.2) is 0 Å². The van der Waals surface area contributed by atoms with Crippen molar-refractivity contribution in [1.29, 1.82) is 0 Å². The second-order valence-corrected chi connectivity index (χ2v) is 10.0. The van der Waals surface area contributed by atoms with Crippen LogP contribution in [0.25, 0.3) is 0 Å². The summed E-state index contributed by atoms with van der Waals surface area (Å²) >= 11 is 6.03. The van der Waals surface area contributed by atoms with Crippen LogP contribution in [0.2, 0.25) is 5.02 Å². The van der Waals surface area contributed by atoms with Crippen molar-refractivity contribution in [3.8, 4) is 0 Å². The number of carbonyl (C=O) groups is 3. The molecule has 8 nitrogen and oxygen atoms in total. The van der Waals surface area contributed by atoms with Gasteiger partial charge in [-0.15, -0.1) is 0 Å². The monoisotopic (exact) mass is 550 g/mol. The smallest absolute Gasteiger partial charge is 0.344 e. The Kier molecular flexibility index (Phi) is 8.70. The van der Waals surface area contributed by atoms with Gasteiger partial charge in [-0.2, -0.15) is 0 Å². The summed E-state index contributed by atoms with van der Waals surface area (Å²) < 4.78 is 10.1. The van der Waals surface area contributed by atoms with Gasteiger partial charge in [0.2, 0.25) is 5.54 Å². The van der Waals surface area contributed by atoms with Gasteiger partial charge in [-0.25, -0.2) is 9.59 Å². The zero-order valence-corrected chi connectivity index (χ0v) is 22.8. The number of nitrogens with zero attached hydrogens (tertiary/aromatic N) is 1. The molecule has 3 aromatic rings. The molecule has 0 fully saturated rings. The molecule has 4 rings (SSSR count). The molecule has 204 valence electrons. The maximum Gasteiger partial charge on any atom is 0.344 e. The molecule has 1 amide bonds. The predicted molar refractivity (Wildman–Crippen MR) is 148 cm³/mol. The number of esters is 2. The number of methoxy groups -OCH3 is 2. The van der Waals surface area contributed by atoms with E-state index in [4.69, 9.17) is 21.1 Å². The van der Waals surface area contributed by atoms with Gasteiger partial charge in [0.25, 0.3) is 5.91 Å². The third kappa shape index (κ3) is 5.68. The molecule has 0 aromatic heterocycles. The number of aliphatic hydroxyl groups is 1. The first-order chi connectivity index (χ1) is 18.7. The van der Waals surface area contributed by atoms with Crippen LogP contribution in [0.1, 0.15) is 40.1 Å². The Morgan fingerprint density at radius 1 is 1.00 bits per heavy atom. The Bertz CT molecular complexity index is 1350. The highest BCUT2D eigenvalue weighted by Gasteiger charge is 2.60. The average Bonchev–Trinajstić information content (AvgIpc) is 3.30. The molecule has 3 aromatic carbocycles. The molecular formula is C30H31ClN2O6. The zero-order valence-electron chi connectivity index (χ0n) is 22.0. The number of anilines is 1. The quantitative estimate of drug-likeness (QED) is 0.308. The van der Waals surface area contributed by atoms with Crippen molar-refractivity contribution < 1.29 is 29.0 Å². The fraction of sp³-hybridized carbons (Fsp3) is 0.300. The molecule has 0 radical (unpaired) electrons. The van der Waals surface area contributed by atoms with Crippen LogP contribution in [-0.4, -0.2) is 55.3 Å². The van der Waals surface area contributed by atoms with Crippen molar-refractivity contribution in [3.63, 3.8) is 0 Å². The number of amides is 1. The van der Waals surface area contributed by atoms with Crippen LogP contribution in [0.4, 0.5) is 5.69 Å². The van der Waals surface area contributed by atoms with E-state index in [9.17, 15) is 19.5 Å². The van der Waals surface area contributed by atoms with Crippen LogP contribution in [0.5, 0.6) is 0 Å². The van der Waals surface area contributed by atoms with Crippen molar-refractivity contribution in [2.75, 3.05) is 25.7 Å². The van der Waals surface area contributed by atoms with Crippen molar-refractivity contribution in [2.24, 2.45) is 0 Å². The van der Waals surface area contributed by atoms with E-state index in [1.807, 2.05) is 25.1 Å². The minimum Gasteiger partial charge on any atom is -0.467 e. The molecule has 1 aliphatic rings. The van der Waals surface area contributed by atoms with Crippen molar-refractivity contribution in [3.05, 3.63) is 100 Å². The lowest BCUT2D eigenvalue weighted by atomic mass is 9.92. The summed E-state index contributed by atoms with van der Waals surface area (Å²) in [5.74, 6) is -2.26. The molecule has 9 heteroatoms. The molecule has 0 bridgehead atoms. The zero-order chi connectivity index (χ0) is 28.2. The number of carbonyl (C=O) groups excluding carboxylic acids is 3. The molecular weight excluding hydrogens is 520 g/mol. The van der Waals surface area contributed by atoms with E-state index in [1.165, 1.54) is 19.1 Å². The van der Waals surface area contributed by atoms with E-state index in [2.05, 4.69) is 5.32 Å². The standard InChI is InChI=1S/C30H31ClN2O6/c1-19(32-18-26(34)22-10-7-11-24(31)16-22)14-20-12-13-25-23(15-20)17-30(28(36)38-2,29(37)39-3)33(25)27(35)21-8-5-4-6-9-21/h4-13,15-16,19,26,32,34H,14,17-18H2,1-3H3/t19?,26-/m1/s1. The molecule has 0 spiro atoms. The van der Waals surface area contributed by atoms with Crippen LogP contribution in [0.3, 0.4) is 0 Å². The van der Waals surface area contributed by atoms with Gasteiger partial charge in [-0.05, 0) is 60.4 Å². The Morgan fingerprint density at radius 3 is 2.33 bits per heavy atom. The van der Waals surface area contributed by atoms with Crippen molar-refractivity contribution >= 4 is 35.1 Å². The average molecular weight is 551 g/mol. The highest BCUT2D eigenvalue weighted by Crippen LogP contribution is 2.42. The van der Waals surface area contributed by atoms with Gasteiger partial charge >= 0.3 is 11.9 Å². The topological polar surface area (TPSA) is 105 Å². The Balaban J connectivity index is 1.59. The van der Waals surface area contributed by atoms with Crippen LogP contribution in [0.15, 0.2) is 72.8 Å². The van der Waals surface area contributed by atoms with Gasteiger partial charge in [-0.1, -0.05) is 54.1 Å². The van der Waals surface area contributed by atoms with Crippen molar-refractivity contribution in [2.45, 2.75) is 37.5 Å². The fourth-order valence-corrected chi connectivity index (χ4v) is 5.20. The largest absolute Gasteiger partial charge is 0.467 e. The molecule has 1 heterocycles. The highest BCUT2D eigenvalue weighted by molar-refractivity contribution is 6.30. The molecule has 0 saturated heterocycles.